The topological polar surface area (TPSA) is 24.9 Å². The Balaban J connectivity index is 0.000000162. The predicted octanol–water partition coefficient (Wildman–Crippen LogP) is 2.62. The van der Waals surface area contributed by atoms with E-state index in [-0.39, 0.29) is 0 Å². The number of hydrogen-bond donors (Lipinski definition) is 1. The summed E-state index contributed by atoms with van der Waals surface area (Å²) in [7, 11) is 0. The number of nitrogens with one attached hydrogen (secondary N) is 1. The summed E-state index contributed by atoms with van der Waals surface area (Å²) in [6, 6.07) is 4.15. The maximum atomic E-state index is 4.23. The van der Waals surface area contributed by atoms with Crippen LogP contribution in [-0.4, -0.2) is 18.1 Å². The summed E-state index contributed by atoms with van der Waals surface area (Å²) in [5, 5.41) is 3.27. The standard InChI is InChI=1S/C8H11N.C5H11N/c1-6-4-7(2)9-8(3)5-6;1-5-2-3-6-4-5/h4-5H,1-3H3;5-6H,2-4H2,1H3. The Morgan fingerprint density at radius 3 is 2.07 bits per heavy atom. The van der Waals surface area contributed by atoms with Gasteiger partial charge in [-0.2, -0.15) is 0 Å². The molecule has 0 aliphatic carbocycles. The van der Waals surface area contributed by atoms with E-state index in [1.165, 1.54) is 25.1 Å². The monoisotopic (exact) mass is 206 g/mol. The SMILES string of the molecule is CC1CCNC1.Cc1cc(C)nc(C)c1. The number of nitrogens with zero attached hydrogens (tertiary/aromatic N) is 1. The molecular weight excluding hydrogens is 184 g/mol. The highest BCUT2D eigenvalue weighted by atomic mass is 14.9. The number of rotatable bonds is 0. The molecule has 0 bridgehead atoms. The number of aryl methyl sites for hydroxylation is 3. The van der Waals surface area contributed by atoms with Crippen LogP contribution in [0.15, 0.2) is 12.1 Å². The highest BCUT2D eigenvalue weighted by Gasteiger charge is 2.06. The summed E-state index contributed by atoms with van der Waals surface area (Å²) < 4.78 is 0. The van der Waals surface area contributed by atoms with Crippen molar-refractivity contribution in [3.63, 3.8) is 0 Å². The first-order valence-corrected chi connectivity index (χ1v) is 5.70. The van der Waals surface area contributed by atoms with Crippen molar-refractivity contribution in [1.29, 1.82) is 0 Å². The van der Waals surface area contributed by atoms with E-state index in [0.717, 1.165) is 17.3 Å². The van der Waals surface area contributed by atoms with Crippen LogP contribution in [-0.2, 0) is 0 Å². The lowest BCUT2D eigenvalue weighted by molar-refractivity contribution is 0.651. The van der Waals surface area contributed by atoms with Gasteiger partial charge in [0.2, 0.25) is 0 Å². The first-order valence-electron chi connectivity index (χ1n) is 5.70. The highest BCUT2D eigenvalue weighted by molar-refractivity contribution is 5.18. The van der Waals surface area contributed by atoms with Gasteiger partial charge in [-0.3, -0.25) is 4.98 Å². The molecule has 1 N–H and O–H groups in total. The molecule has 1 unspecified atom stereocenters. The van der Waals surface area contributed by atoms with E-state index in [1.54, 1.807) is 0 Å². The molecule has 1 aliphatic rings. The lowest BCUT2D eigenvalue weighted by Gasteiger charge is -1.96. The third kappa shape index (κ3) is 4.93. The van der Waals surface area contributed by atoms with Gasteiger partial charge in [-0.25, -0.2) is 0 Å². The van der Waals surface area contributed by atoms with Crippen LogP contribution < -0.4 is 5.32 Å². The van der Waals surface area contributed by atoms with E-state index in [0.29, 0.717) is 0 Å². The molecule has 1 fully saturated rings. The van der Waals surface area contributed by atoms with Gasteiger partial charge in [-0.15, -0.1) is 0 Å². The summed E-state index contributed by atoms with van der Waals surface area (Å²) in [5.41, 5.74) is 3.50. The molecule has 2 rings (SSSR count). The van der Waals surface area contributed by atoms with Crippen LogP contribution in [0, 0.1) is 26.7 Å². The summed E-state index contributed by atoms with van der Waals surface area (Å²) in [4.78, 5) is 4.23. The lowest BCUT2D eigenvalue weighted by atomic mass is 10.2. The lowest BCUT2D eigenvalue weighted by Crippen LogP contribution is -2.06. The van der Waals surface area contributed by atoms with Gasteiger partial charge in [0.05, 0.1) is 0 Å². The fourth-order valence-corrected chi connectivity index (χ4v) is 1.84. The van der Waals surface area contributed by atoms with Gasteiger partial charge in [-0.1, -0.05) is 6.92 Å². The van der Waals surface area contributed by atoms with E-state index in [2.05, 4.69) is 36.3 Å². The molecule has 84 valence electrons. The Morgan fingerprint density at radius 2 is 1.80 bits per heavy atom. The maximum Gasteiger partial charge on any atom is 0.0378 e. The fourth-order valence-electron chi connectivity index (χ4n) is 1.84. The quantitative estimate of drug-likeness (QED) is 0.706. The van der Waals surface area contributed by atoms with Crippen LogP contribution in [0.2, 0.25) is 0 Å². The molecule has 15 heavy (non-hydrogen) atoms. The van der Waals surface area contributed by atoms with Crippen molar-refractivity contribution in [3.05, 3.63) is 29.1 Å². The zero-order valence-corrected chi connectivity index (χ0v) is 10.3. The molecule has 1 aromatic heterocycles. The van der Waals surface area contributed by atoms with Crippen molar-refractivity contribution in [2.75, 3.05) is 13.1 Å². The number of aromatic nitrogens is 1. The predicted molar refractivity (Wildman–Crippen MR) is 65.1 cm³/mol. The van der Waals surface area contributed by atoms with Crippen molar-refractivity contribution in [3.8, 4) is 0 Å². The Bertz CT molecular complexity index is 251. The van der Waals surface area contributed by atoms with E-state index in [1.807, 2.05) is 13.8 Å². The molecule has 0 aromatic carbocycles. The summed E-state index contributed by atoms with van der Waals surface area (Å²) in [5.74, 6) is 0.935. The van der Waals surface area contributed by atoms with Crippen LogP contribution in [0.3, 0.4) is 0 Å². The molecule has 1 aromatic rings. The molecule has 2 nitrogen and oxygen atoms in total. The molecular formula is C13H22N2. The molecule has 0 amide bonds. The first-order chi connectivity index (χ1) is 7.08. The summed E-state index contributed by atoms with van der Waals surface area (Å²) in [6.45, 7) is 10.9. The van der Waals surface area contributed by atoms with Crippen molar-refractivity contribution in [2.45, 2.75) is 34.1 Å². The summed E-state index contributed by atoms with van der Waals surface area (Å²) in [6.07, 6.45) is 1.38. The molecule has 0 radical (unpaired) electrons. The van der Waals surface area contributed by atoms with Crippen molar-refractivity contribution < 1.29 is 0 Å². The van der Waals surface area contributed by atoms with Gasteiger partial charge < -0.3 is 5.32 Å². The Morgan fingerprint density at radius 1 is 1.20 bits per heavy atom. The second-order valence-electron chi connectivity index (χ2n) is 4.53. The molecule has 1 atom stereocenters. The molecule has 1 saturated heterocycles. The zero-order chi connectivity index (χ0) is 11.3. The average molecular weight is 206 g/mol. The fraction of sp³-hybridized carbons (Fsp3) is 0.615. The molecule has 0 spiro atoms. The Hall–Kier alpha value is -0.890. The molecule has 0 saturated carbocycles. The zero-order valence-electron chi connectivity index (χ0n) is 10.3. The maximum absolute atomic E-state index is 4.23. The summed E-state index contributed by atoms with van der Waals surface area (Å²) >= 11 is 0. The molecule has 2 heterocycles. The molecule has 1 aliphatic heterocycles. The van der Waals surface area contributed by atoms with Gasteiger partial charge in [0.15, 0.2) is 0 Å². The number of pyridine rings is 1. The number of hydrogen-bond acceptors (Lipinski definition) is 2. The van der Waals surface area contributed by atoms with Crippen molar-refractivity contribution in [1.82, 2.24) is 10.3 Å². The minimum Gasteiger partial charge on any atom is -0.316 e. The second kappa shape index (κ2) is 5.86. The van der Waals surface area contributed by atoms with Gasteiger partial charge in [0.25, 0.3) is 0 Å². The van der Waals surface area contributed by atoms with Crippen LogP contribution in [0.5, 0.6) is 0 Å². The van der Waals surface area contributed by atoms with Crippen molar-refractivity contribution in [2.24, 2.45) is 5.92 Å². The van der Waals surface area contributed by atoms with Crippen LogP contribution in [0.4, 0.5) is 0 Å². The third-order valence-electron chi connectivity index (χ3n) is 2.53. The minimum atomic E-state index is 0.935. The smallest absolute Gasteiger partial charge is 0.0378 e. The molecule has 2 heteroatoms. The van der Waals surface area contributed by atoms with Gasteiger partial charge >= 0.3 is 0 Å². The second-order valence-corrected chi connectivity index (χ2v) is 4.53. The van der Waals surface area contributed by atoms with E-state index in [9.17, 15) is 0 Å². The highest BCUT2D eigenvalue weighted by Crippen LogP contribution is 2.03. The Kier molecular flexibility index (Phi) is 4.76. The Labute approximate surface area is 93.1 Å². The van der Waals surface area contributed by atoms with E-state index < -0.39 is 0 Å². The van der Waals surface area contributed by atoms with Gasteiger partial charge in [0, 0.05) is 11.4 Å². The average Bonchev–Trinajstić information content (AvgIpc) is 2.54. The largest absolute Gasteiger partial charge is 0.316 e. The normalized spacial score (nSPS) is 19.6. The van der Waals surface area contributed by atoms with Crippen molar-refractivity contribution >= 4 is 0 Å². The van der Waals surface area contributed by atoms with Crippen LogP contribution in [0.25, 0.3) is 0 Å². The van der Waals surface area contributed by atoms with Gasteiger partial charge in [0.1, 0.15) is 0 Å². The van der Waals surface area contributed by atoms with Crippen LogP contribution in [0.1, 0.15) is 30.3 Å². The first kappa shape index (κ1) is 12.2. The van der Waals surface area contributed by atoms with E-state index >= 15 is 0 Å². The minimum absolute atomic E-state index is 0.935. The third-order valence-corrected chi connectivity index (χ3v) is 2.53. The van der Waals surface area contributed by atoms with E-state index in [4.69, 9.17) is 0 Å². The van der Waals surface area contributed by atoms with Crippen LogP contribution >= 0.6 is 0 Å². The van der Waals surface area contributed by atoms with Gasteiger partial charge in [-0.05, 0) is 63.9 Å².